The van der Waals surface area contributed by atoms with Crippen molar-refractivity contribution in [2.75, 3.05) is 13.1 Å². The van der Waals surface area contributed by atoms with Crippen LogP contribution in [0, 0.1) is 0 Å². The minimum Gasteiger partial charge on any atom is -0.355 e. The van der Waals surface area contributed by atoms with Gasteiger partial charge in [0.1, 0.15) is 0 Å². The van der Waals surface area contributed by atoms with Gasteiger partial charge in [0.2, 0.25) is 5.91 Å². The van der Waals surface area contributed by atoms with Crippen LogP contribution >= 0.6 is 0 Å². The summed E-state index contributed by atoms with van der Waals surface area (Å²) in [6.07, 6.45) is 0.713. The number of carbonyl (C=O) groups excluding carboxylic acids is 1. The number of nitrogens with zero attached hydrogens (tertiary/aromatic N) is 2. The van der Waals surface area contributed by atoms with Crippen molar-refractivity contribution in [2.24, 2.45) is 19.8 Å². The van der Waals surface area contributed by atoms with Crippen LogP contribution in [0.3, 0.4) is 0 Å². The summed E-state index contributed by atoms with van der Waals surface area (Å²) in [5.74, 6) is -0.159. The van der Waals surface area contributed by atoms with Crippen molar-refractivity contribution in [1.82, 2.24) is 14.5 Å². The number of benzene rings is 1. The second kappa shape index (κ2) is 5.27. The number of amides is 1. The maximum absolute atomic E-state index is 11.8. The summed E-state index contributed by atoms with van der Waals surface area (Å²) in [5, 5.41) is 2.72. The molecule has 0 spiro atoms. The van der Waals surface area contributed by atoms with E-state index in [1.807, 2.05) is 18.2 Å². The van der Waals surface area contributed by atoms with Gasteiger partial charge in [-0.25, -0.2) is 4.79 Å². The van der Waals surface area contributed by atoms with E-state index < -0.39 is 0 Å². The molecule has 6 heteroatoms. The van der Waals surface area contributed by atoms with Crippen molar-refractivity contribution in [3.63, 3.8) is 0 Å². The van der Waals surface area contributed by atoms with Crippen molar-refractivity contribution in [1.29, 1.82) is 0 Å². The third-order valence-corrected chi connectivity index (χ3v) is 3.26. The van der Waals surface area contributed by atoms with Gasteiger partial charge in [-0.05, 0) is 24.1 Å². The van der Waals surface area contributed by atoms with Gasteiger partial charge < -0.3 is 11.1 Å². The predicted molar refractivity (Wildman–Crippen MR) is 73.9 cm³/mol. The summed E-state index contributed by atoms with van der Waals surface area (Å²) in [4.78, 5) is 22.8. The van der Waals surface area contributed by atoms with Gasteiger partial charge >= 0.3 is 5.69 Å². The zero-order valence-corrected chi connectivity index (χ0v) is 11.1. The highest BCUT2D eigenvalue weighted by molar-refractivity contribution is 5.78. The number of aromatic nitrogens is 2. The quantitative estimate of drug-likeness (QED) is 0.779. The zero-order valence-electron chi connectivity index (χ0n) is 11.1. The Labute approximate surface area is 110 Å². The molecule has 1 amide bonds. The molecule has 0 atom stereocenters. The van der Waals surface area contributed by atoms with E-state index >= 15 is 0 Å². The first kappa shape index (κ1) is 13.4. The van der Waals surface area contributed by atoms with Crippen LogP contribution in [-0.4, -0.2) is 28.1 Å². The van der Waals surface area contributed by atoms with Crippen LogP contribution in [0.5, 0.6) is 0 Å². The molecule has 3 N–H and O–H groups in total. The van der Waals surface area contributed by atoms with E-state index in [2.05, 4.69) is 5.32 Å². The maximum Gasteiger partial charge on any atom is 0.328 e. The number of imidazole rings is 1. The standard InChI is InChI=1S/C13H18N4O2/c1-16-10-4-3-9(5-6-15-12(18)8-14)7-11(10)17(2)13(16)19/h3-4,7H,5-6,8,14H2,1-2H3,(H,15,18). The van der Waals surface area contributed by atoms with E-state index in [0.717, 1.165) is 16.6 Å². The van der Waals surface area contributed by atoms with E-state index in [1.54, 1.807) is 23.2 Å². The summed E-state index contributed by atoms with van der Waals surface area (Å²) in [6, 6.07) is 5.87. The molecule has 0 saturated heterocycles. The molecule has 0 saturated carbocycles. The first-order valence-electron chi connectivity index (χ1n) is 6.15. The zero-order chi connectivity index (χ0) is 14.0. The molecule has 19 heavy (non-hydrogen) atoms. The van der Waals surface area contributed by atoms with Gasteiger partial charge in [-0.3, -0.25) is 13.9 Å². The molecule has 0 bridgehead atoms. The third kappa shape index (κ3) is 2.53. The normalized spacial score (nSPS) is 10.9. The Morgan fingerprint density at radius 2 is 1.95 bits per heavy atom. The highest BCUT2D eigenvalue weighted by atomic mass is 16.2. The highest BCUT2D eigenvalue weighted by Crippen LogP contribution is 2.14. The number of nitrogens with one attached hydrogen (secondary N) is 1. The lowest BCUT2D eigenvalue weighted by Gasteiger charge is -2.04. The van der Waals surface area contributed by atoms with E-state index in [9.17, 15) is 9.59 Å². The fraction of sp³-hybridized carbons (Fsp3) is 0.385. The molecule has 0 aliphatic rings. The minimum atomic E-state index is -0.159. The summed E-state index contributed by atoms with van der Waals surface area (Å²) in [6.45, 7) is 0.550. The Kier molecular flexibility index (Phi) is 3.71. The Morgan fingerprint density at radius 3 is 2.63 bits per heavy atom. The van der Waals surface area contributed by atoms with Crippen LogP contribution in [0.15, 0.2) is 23.0 Å². The Bertz CT molecular complexity index is 669. The van der Waals surface area contributed by atoms with Crippen molar-refractivity contribution in [3.05, 3.63) is 34.2 Å². The SMILES string of the molecule is Cn1c(=O)n(C)c2cc(CCNC(=O)CN)ccc21. The molecule has 0 radical (unpaired) electrons. The van der Waals surface area contributed by atoms with Crippen LogP contribution in [0.2, 0.25) is 0 Å². The summed E-state index contributed by atoms with van der Waals surface area (Å²) >= 11 is 0. The lowest BCUT2D eigenvalue weighted by molar-refractivity contribution is -0.119. The number of rotatable bonds is 4. The van der Waals surface area contributed by atoms with Crippen molar-refractivity contribution in [3.8, 4) is 0 Å². The summed E-state index contributed by atoms with van der Waals surface area (Å²) < 4.78 is 3.24. The molecule has 0 unspecified atom stereocenters. The molecule has 2 aromatic rings. The minimum absolute atomic E-state index is 0.00617. The van der Waals surface area contributed by atoms with Gasteiger partial charge in [0, 0.05) is 20.6 Å². The summed E-state index contributed by atoms with van der Waals surface area (Å²) in [7, 11) is 3.51. The second-order valence-electron chi connectivity index (χ2n) is 4.53. The monoisotopic (exact) mass is 262 g/mol. The van der Waals surface area contributed by atoms with E-state index in [4.69, 9.17) is 5.73 Å². The fourth-order valence-electron chi connectivity index (χ4n) is 2.13. The molecule has 0 aliphatic carbocycles. The molecule has 1 aromatic heterocycles. The maximum atomic E-state index is 11.8. The smallest absolute Gasteiger partial charge is 0.328 e. The molecule has 1 heterocycles. The fourth-order valence-corrected chi connectivity index (χ4v) is 2.13. The number of hydrogen-bond donors (Lipinski definition) is 2. The largest absolute Gasteiger partial charge is 0.355 e. The highest BCUT2D eigenvalue weighted by Gasteiger charge is 2.08. The number of fused-ring (bicyclic) bond motifs is 1. The van der Waals surface area contributed by atoms with E-state index in [1.165, 1.54) is 0 Å². The van der Waals surface area contributed by atoms with E-state index in [-0.39, 0.29) is 18.1 Å². The first-order valence-corrected chi connectivity index (χ1v) is 6.15. The lowest BCUT2D eigenvalue weighted by atomic mass is 10.1. The van der Waals surface area contributed by atoms with Crippen LogP contribution in [-0.2, 0) is 25.3 Å². The molecular formula is C13H18N4O2. The van der Waals surface area contributed by atoms with E-state index in [0.29, 0.717) is 13.0 Å². The molecule has 102 valence electrons. The van der Waals surface area contributed by atoms with Crippen LogP contribution in [0.4, 0.5) is 0 Å². The van der Waals surface area contributed by atoms with Gasteiger partial charge in [-0.15, -0.1) is 0 Å². The van der Waals surface area contributed by atoms with Crippen molar-refractivity contribution >= 4 is 16.9 Å². The number of hydrogen-bond acceptors (Lipinski definition) is 3. The van der Waals surface area contributed by atoms with Crippen LogP contribution in [0.1, 0.15) is 5.56 Å². The molecule has 2 rings (SSSR count). The molecular weight excluding hydrogens is 244 g/mol. The topological polar surface area (TPSA) is 82.0 Å². The Morgan fingerprint density at radius 1 is 1.26 bits per heavy atom. The van der Waals surface area contributed by atoms with Crippen molar-refractivity contribution < 1.29 is 4.79 Å². The van der Waals surface area contributed by atoms with Gasteiger partial charge in [-0.2, -0.15) is 0 Å². The van der Waals surface area contributed by atoms with Crippen LogP contribution < -0.4 is 16.7 Å². The molecule has 1 aromatic carbocycles. The number of carbonyl (C=O) groups is 1. The van der Waals surface area contributed by atoms with Crippen LogP contribution in [0.25, 0.3) is 11.0 Å². The molecule has 0 aliphatic heterocycles. The lowest BCUT2D eigenvalue weighted by Crippen LogP contribution is -2.31. The number of aryl methyl sites for hydroxylation is 2. The van der Waals surface area contributed by atoms with Gasteiger partial charge in [0.25, 0.3) is 0 Å². The number of nitrogens with two attached hydrogens (primary N) is 1. The van der Waals surface area contributed by atoms with Crippen molar-refractivity contribution in [2.45, 2.75) is 6.42 Å². The molecule has 0 fully saturated rings. The third-order valence-electron chi connectivity index (χ3n) is 3.26. The Balaban J connectivity index is 2.20. The summed E-state index contributed by atoms with van der Waals surface area (Å²) in [5.41, 5.74) is 8.05. The second-order valence-corrected chi connectivity index (χ2v) is 4.53. The average molecular weight is 262 g/mol. The Hall–Kier alpha value is -2.08. The average Bonchev–Trinajstić information content (AvgIpc) is 2.63. The van der Waals surface area contributed by atoms with Gasteiger partial charge in [0.05, 0.1) is 17.6 Å². The molecule has 6 nitrogen and oxygen atoms in total. The first-order chi connectivity index (χ1) is 9.04. The van der Waals surface area contributed by atoms with Gasteiger partial charge in [0.15, 0.2) is 0 Å². The predicted octanol–water partition coefficient (Wildman–Crippen LogP) is -0.506. The van der Waals surface area contributed by atoms with Gasteiger partial charge in [-0.1, -0.05) is 6.07 Å².